The third kappa shape index (κ3) is 1.08. The van der Waals surface area contributed by atoms with Crippen LogP contribution in [0.1, 0.15) is 20.3 Å². The Morgan fingerprint density at radius 1 is 1.75 bits per heavy atom. The zero-order valence-electron chi connectivity index (χ0n) is 5.39. The second-order valence-corrected chi connectivity index (χ2v) is 3.26. The zero-order valence-corrected chi connectivity index (χ0v) is 6.28. The largest absolute Gasteiger partial charge is 0.171 e. The Bertz CT molecular complexity index is 116. The van der Waals surface area contributed by atoms with E-state index < -0.39 is 0 Å². The van der Waals surface area contributed by atoms with Crippen LogP contribution in [-0.2, 0) is 0 Å². The molecule has 0 radical (unpaired) electrons. The van der Waals surface area contributed by atoms with Gasteiger partial charge in [-0.25, -0.2) is 0 Å². The zero-order chi connectivity index (χ0) is 6.15. The van der Waals surface area contributed by atoms with Crippen LogP contribution in [0.4, 0.5) is 0 Å². The highest BCUT2D eigenvalue weighted by Gasteiger charge is 2.15. The lowest BCUT2D eigenvalue weighted by Gasteiger charge is -2.00. The lowest BCUT2D eigenvalue weighted by molar-refractivity contribution is 0.708. The van der Waals surface area contributed by atoms with Crippen LogP contribution in [0.5, 0.6) is 0 Å². The molecule has 2 atom stereocenters. The molecule has 1 aliphatic carbocycles. The molecule has 1 rings (SSSR count). The van der Waals surface area contributed by atoms with Gasteiger partial charge in [-0.2, -0.15) is 12.6 Å². The Labute approximate surface area is 56.4 Å². The fraction of sp³-hybridized carbons (Fsp3) is 0.714. The van der Waals surface area contributed by atoms with Crippen LogP contribution in [-0.4, -0.2) is 5.25 Å². The quantitative estimate of drug-likeness (QED) is 0.375. The Morgan fingerprint density at radius 3 is 2.50 bits per heavy atom. The van der Waals surface area contributed by atoms with Crippen LogP contribution in [0.15, 0.2) is 11.6 Å². The lowest BCUT2D eigenvalue weighted by atomic mass is 10.2. The Kier molecular flexibility index (Phi) is 1.66. The van der Waals surface area contributed by atoms with Crippen molar-refractivity contribution in [3.63, 3.8) is 0 Å². The molecule has 0 nitrogen and oxygen atoms in total. The van der Waals surface area contributed by atoms with Gasteiger partial charge in [-0.05, 0) is 19.3 Å². The van der Waals surface area contributed by atoms with Gasteiger partial charge in [-0.15, -0.1) is 0 Å². The number of hydrogen-bond acceptors (Lipinski definition) is 1. The van der Waals surface area contributed by atoms with Gasteiger partial charge in [0.05, 0.1) is 0 Å². The summed E-state index contributed by atoms with van der Waals surface area (Å²) in [5.74, 6) is 0.762. The number of allylic oxidation sites excluding steroid dienone is 1. The second-order valence-electron chi connectivity index (χ2n) is 2.64. The minimum absolute atomic E-state index is 0.546. The molecule has 1 aliphatic rings. The van der Waals surface area contributed by atoms with E-state index in [-0.39, 0.29) is 0 Å². The molecule has 0 fully saturated rings. The second kappa shape index (κ2) is 2.14. The maximum absolute atomic E-state index is 4.38. The van der Waals surface area contributed by atoms with E-state index in [9.17, 15) is 0 Å². The Hall–Kier alpha value is 0.0900. The molecule has 0 aromatic heterocycles. The Balaban J connectivity index is 2.59. The Morgan fingerprint density at radius 2 is 2.38 bits per heavy atom. The van der Waals surface area contributed by atoms with Gasteiger partial charge in [0.25, 0.3) is 0 Å². The van der Waals surface area contributed by atoms with E-state index in [1.54, 1.807) is 0 Å². The predicted octanol–water partition coefficient (Wildman–Crippen LogP) is 2.27. The summed E-state index contributed by atoms with van der Waals surface area (Å²) in [5, 5.41) is 0.546. The molecular formula is C7H12S. The third-order valence-electron chi connectivity index (χ3n) is 1.67. The maximum Gasteiger partial charge on any atom is 0.0229 e. The van der Waals surface area contributed by atoms with E-state index >= 15 is 0 Å². The highest BCUT2D eigenvalue weighted by molar-refractivity contribution is 7.81. The molecule has 8 heavy (non-hydrogen) atoms. The summed E-state index contributed by atoms with van der Waals surface area (Å²) in [4.78, 5) is 0. The first-order valence-corrected chi connectivity index (χ1v) is 3.58. The van der Waals surface area contributed by atoms with Crippen LogP contribution < -0.4 is 0 Å². The fourth-order valence-corrected chi connectivity index (χ4v) is 1.58. The van der Waals surface area contributed by atoms with Crippen LogP contribution in [0.25, 0.3) is 0 Å². The van der Waals surface area contributed by atoms with Crippen molar-refractivity contribution >= 4 is 12.6 Å². The van der Waals surface area contributed by atoms with Crippen molar-refractivity contribution in [2.75, 3.05) is 0 Å². The summed E-state index contributed by atoms with van der Waals surface area (Å²) in [6, 6.07) is 0. The first kappa shape index (κ1) is 6.21. The first-order valence-electron chi connectivity index (χ1n) is 3.06. The molecule has 0 bridgehead atoms. The summed E-state index contributed by atoms with van der Waals surface area (Å²) in [7, 11) is 0. The molecule has 0 saturated carbocycles. The van der Waals surface area contributed by atoms with Crippen molar-refractivity contribution in [1.82, 2.24) is 0 Å². The molecule has 0 aromatic rings. The monoisotopic (exact) mass is 128 g/mol. The summed E-state index contributed by atoms with van der Waals surface area (Å²) < 4.78 is 0. The number of rotatable bonds is 0. The van der Waals surface area contributed by atoms with Crippen molar-refractivity contribution < 1.29 is 0 Å². The molecule has 0 aliphatic heterocycles. The normalized spacial score (nSPS) is 37.6. The minimum Gasteiger partial charge on any atom is -0.171 e. The standard InChI is InChI=1S/C7H12S/c1-5-3-6(2)7(8)4-5/h3,5,7-8H,4H2,1-2H3. The molecule has 46 valence electrons. The van der Waals surface area contributed by atoms with Gasteiger partial charge in [0.15, 0.2) is 0 Å². The molecule has 0 amide bonds. The topological polar surface area (TPSA) is 0 Å². The highest BCUT2D eigenvalue weighted by Crippen LogP contribution is 2.27. The van der Waals surface area contributed by atoms with Crippen molar-refractivity contribution in [3.8, 4) is 0 Å². The fourth-order valence-electron chi connectivity index (χ4n) is 1.17. The van der Waals surface area contributed by atoms with Gasteiger partial charge in [0, 0.05) is 5.25 Å². The highest BCUT2D eigenvalue weighted by atomic mass is 32.1. The van der Waals surface area contributed by atoms with Crippen LogP contribution >= 0.6 is 12.6 Å². The minimum atomic E-state index is 0.546. The van der Waals surface area contributed by atoms with E-state index in [4.69, 9.17) is 0 Å². The van der Waals surface area contributed by atoms with Gasteiger partial charge in [-0.3, -0.25) is 0 Å². The van der Waals surface area contributed by atoms with Gasteiger partial charge in [0.1, 0.15) is 0 Å². The van der Waals surface area contributed by atoms with Crippen molar-refractivity contribution in [3.05, 3.63) is 11.6 Å². The van der Waals surface area contributed by atoms with Crippen LogP contribution in [0.3, 0.4) is 0 Å². The molecule has 2 unspecified atom stereocenters. The van der Waals surface area contributed by atoms with E-state index in [1.165, 1.54) is 12.0 Å². The van der Waals surface area contributed by atoms with E-state index in [1.807, 2.05) is 0 Å². The molecule has 0 saturated heterocycles. The SMILES string of the molecule is CC1=CC(C)CC1S. The lowest BCUT2D eigenvalue weighted by Crippen LogP contribution is -1.93. The van der Waals surface area contributed by atoms with Crippen molar-refractivity contribution in [2.45, 2.75) is 25.5 Å². The molecule has 1 heteroatoms. The molecular weight excluding hydrogens is 116 g/mol. The van der Waals surface area contributed by atoms with Gasteiger partial charge in [0.2, 0.25) is 0 Å². The first-order chi connectivity index (χ1) is 3.70. The predicted molar refractivity (Wildman–Crippen MR) is 40.3 cm³/mol. The van der Waals surface area contributed by atoms with Crippen LogP contribution in [0, 0.1) is 5.92 Å². The number of thiol groups is 1. The molecule has 0 heterocycles. The van der Waals surface area contributed by atoms with E-state index in [0.29, 0.717) is 5.25 Å². The smallest absolute Gasteiger partial charge is 0.0229 e. The van der Waals surface area contributed by atoms with Crippen molar-refractivity contribution in [1.29, 1.82) is 0 Å². The van der Waals surface area contributed by atoms with Gasteiger partial charge in [-0.1, -0.05) is 18.6 Å². The van der Waals surface area contributed by atoms with E-state index in [2.05, 4.69) is 32.6 Å². The average Bonchev–Trinajstić information content (AvgIpc) is 1.85. The van der Waals surface area contributed by atoms with Crippen molar-refractivity contribution in [2.24, 2.45) is 5.92 Å². The summed E-state index contributed by atoms with van der Waals surface area (Å²) in [5.41, 5.74) is 1.45. The summed E-state index contributed by atoms with van der Waals surface area (Å²) in [6.07, 6.45) is 3.53. The molecule has 0 N–H and O–H groups in total. The van der Waals surface area contributed by atoms with Gasteiger partial charge < -0.3 is 0 Å². The molecule has 0 spiro atoms. The summed E-state index contributed by atoms with van der Waals surface area (Å²) in [6.45, 7) is 4.39. The maximum atomic E-state index is 4.38. The number of hydrogen-bond donors (Lipinski definition) is 1. The average molecular weight is 128 g/mol. The summed E-state index contributed by atoms with van der Waals surface area (Å²) >= 11 is 4.38. The van der Waals surface area contributed by atoms with E-state index in [0.717, 1.165) is 5.92 Å². The third-order valence-corrected chi connectivity index (χ3v) is 2.29. The van der Waals surface area contributed by atoms with Crippen LogP contribution in [0.2, 0.25) is 0 Å². The molecule has 0 aromatic carbocycles. The van der Waals surface area contributed by atoms with Gasteiger partial charge >= 0.3 is 0 Å².